The Morgan fingerprint density at radius 2 is 1.50 bits per heavy atom. The standard InChI is InChI=1S/C13H28N2O10S/c16-2-4-23-6-8-24-7-5-22-3-1-14-26(20,21)15-13-12(19)11(18)10(17)9-25-13/h10-19H,1-9H2/t10-,11-,12+,13+/m1/s1. The minimum atomic E-state index is -3.99. The summed E-state index contributed by atoms with van der Waals surface area (Å²) in [6.07, 6.45) is -5.75. The number of hydrogen-bond donors (Lipinski definition) is 6. The predicted octanol–water partition coefficient (Wildman–Crippen LogP) is -4.11. The summed E-state index contributed by atoms with van der Waals surface area (Å²) in [5.41, 5.74) is 0. The van der Waals surface area contributed by atoms with Gasteiger partial charge in [-0.25, -0.2) is 0 Å². The number of ether oxygens (including phenoxy) is 4. The van der Waals surface area contributed by atoms with Crippen molar-refractivity contribution in [2.24, 2.45) is 0 Å². The van der Waals surface area contributed by atoms with Crippen LogP contribution in [-0.4, -0.2) is 113 Å². The molecular formula is C13H28N2O10S. The monoisotopic (exact) mass is 404 g/mol. The van der Waals surface area contributed by atoms with E-state index in [1.165, 1.54) is 0 Å². The molecule has 0 bridgehead atoms. The van der Waals surface area contributed by atoms with Crippen molar-refractivity contribution in [2.75, 3.05) is 59.4 Å². The fourth-order valence-corrected chi connectivity index (χ4v) is 2.91. The van der Waals surface area contributed by atoms with Gasteiger partial charge in [0.1, 0.15) is 18.3 Å². The number of aliphatic hydroxyl groups is 4. The summed E-state index contributed by atoms with van der Waals surface area (Å²) in [7, 11) is -3.99. The summed E-state index contributed by atoms with van der Waals surface area (Å²) in [5, 5.41) is 37.0. The molecular weight excluding hydrogens is 376 g/mol. The van der Waals surface area contributed by atoms with E-state index in [-0.39, 0.29) is 39.6 Å². The first-order chi connectivity index (χ1) is 12.4. The maximum Gasteiger partial charge on any atom is 0.279 e. The molecule has 4 atom stereocenters. The van der Waals surface area contributed by atoms with Crippen LogP contribution in [0.2, 0.25) is 0 Å². The second-order valence-electron chi connectivity index (χ2n) is 5.38. The number of rotatable bonds is 14. The Morgan fingerprint density at radius 1 is 0.923 bits per heavy atom. The van der Waals surface area contributed by atoms with Crippen LogP contribution in [0.5, 0.6) is 0 Å². The van der Waals surface area contributed by atoms with Gasteiger partial charge in [0.25, 0.3) is 10.2 Å². The van der Waals surface area contributed by atoms with E-state index in [9.17, 15) is 23.7 Å². The second kappa shape index (κ2) is 12.9. The molecule has 6 N–H and O–H groups in total. The normalized spacial score (nSPS) is 26.9. The summed E-state index contributed by atoms with van der Waals surface area (Å²) in [6, 6.07) is 0. The summed E-state index contributed by atoms with van der Waals surface area (Å²) in [5.74, 6) is 0. The molecule has 1 aliphatic rings. The lowest BCUT2D eigenvalue weighted by Crippen LogP contribution is -2.60. The van der Waals surface area contributed by atoms with E-state index < -0.39 is 34.7 Å². The smallest absolute Gasteiger partial charge is 0.279 e. The molecule has 0 amide bonds. The van der Waals surface area contributed by atoms with Gasteiger partial charge in [0.05, 0.1) is 52.9 Å². The SMILES string of the molecule is O=S(=O)(NCCOCCOCCOCCO)N[C@H]1OC[C@@H](O)[C@@H](O)[C@@H]1O. The van der Waals surface area contributed by atoms with Gasteiger partial charge in [0, 0.05) is 6.54 Å². The largest absolute Gasteiger partial charge is 0.394 e. The molecule has 0 aromatic rings. The van der Waals surface area contributed by atoms with E-state index >= 15 is 0 Å². The average molecular weight is 404 g/mol. The molecule has 0 saturated carbocycles. The highest BCUT2D eigenvalue weighted by Gasteiger charge is 2.39. The van der Waals surface area contributed by atoms with Gasteiger partial charge in [-0.1, -0.05) is 0 Å². The lowest BCUT2D eigenvalue weighted by molar-refractivity contribution is -0.189. The molecule has 0 aromatic heterocycles. The van der Waals surface area contributed by atoms with Gasteiger partial charge >= 0.3 is 0 Å². The van der Waals surface area contributed by atoms with Crippen LogP contribution in [-0.2, 0) is 29.2 Å². The molecule has 0 radical (unpaired) electrons. The Balaban J connectivity index is 2.07. The van der Waals surface area contributed by atoms with Crippen LogP contribution in [0.15, 0.2) is 0 Å². The van der Waals surface area contributed by atoms with Crippen molar-refractivity contribution < 1.29 is 47.8 Å². The van der Waals surface area contributed by atoms with Crippen LogP contribution in [0.25, 0.3) is 0 Å². The molecule has 1 rings (SSSR count). The molecule has 1 heterocycles. The Kier molecular flexibility index (Phi) is 11.7. The summed E-state index contributed by atoms with van der Waals surface area (Å²) >= 11 is 0. The zero-order valence-electron chi connectivity index (χ0n) is 14.3. The molecule has 12 nitrogen and oxygen atoms in total. The third-order valence-electron chi connectivity index (χ3n) is 3.29. The molecule has 1 saturated heterocycles. The molecule has 26 heavy (non-hydrogen) atoms. The maximum atomic E-state index is 11.8. The van der Waals surface area contributed by atoms with Gasteiger partial charge in [-0.2, -0.15) is 17.9 Å². The molecule has 0 spiro atoms. The number of hydrogen-bond acceptors (Lipinski definition) is 10. The number of nitrogens with one attached hydrogen (secondary N) is 2. The van der Waals surface area contributed by atoms with E-state index in [1.54, 1.807) is 0 Å². The van der Waals surface area contributed by atoms with E-state index in [0.717, 1.165) is 0 Å². The zero-order chi connectivity index (χ0) is 19.4. The van der Waals surface area contributed by atoms with Crippen LogP contribution in [0.4, 0.5) is 0 Å². The quantitative estimate of drug-likeness (QED) is 0.156. The van der Waals surface area contributed by atoms with E-state index in [0.29, 0.717) is 19.8 Å². The van der Waals surface area contributed by atoms with Gasteiger partial charge in [0.2, 0.25) is 0 Å². The highest BCUT2D eigenvalue weighted by atomic mass is 32.2. The summed E-state index contributed by atoms with van der Waals surface area (Å²) in [6.45, 7) is 1.30. The molecule has 0 unspecified atom stereocenters. The molecule has 0 aromatic carbocycles. The highest BCUT2D eigenvalue weighted by Crippen LogP contribution is 2.14. The second-order valence-corrected chi connectivity index (χ2v) is 6.91. The van der Waals surface area contributed by atoms with Gasteiger partial charge in [0.15, 0.2) is 6.23 Å². The third-order valence-corrected chi connectivity index (χ3v) is 4.42. The van der Waals surface area contributed by atoms with Crippen LogP contribution < -0.4 is 9.44 Å². The van der Waals surface area contributed by atoms with Crippen molar-refractivity contribution in [1.29, 1.82) is 0 Å². The summed E-state index contributed by atoms with van der Waals surface area (Å²) in [4.78, 5) is 0. The predicted molar refractivity (Wildman–Crippen MR) is 87.4 cm³/mol. The fraction of sp³-hybridized carbons (Fsp3) is 1.00. The first-order valence-corrected chi connectivity index (χ1v) is 9.62. The fourth-order valence-electron chi connectivity index (χ4n) is 1.96. The van der Waals surface area contributed by atoms with E-state index in [4.69, 9.17) is 24.1 Å². The van der Waals surface area contributed by atoms with Crippen LogP contribution in [0.3, 0.4) is 0 Å². The average Bonchev–Trinajstić information content (AvgIpc) is 2.60. The van der Waals surface area contributed by atoms with Gasteiger partial charge in [-0.3, -0.25) is 0 Å². The zero-order valence-corrected chi connectivity index (χ0v) is 15.1. The first kappa shape index (κ1) is 23.6. The highest BCUT2D eigenvalue weighted by molar-refractivity contribution is 7.87. The maximum absolute atomic E-state index is 11.8. The van der Waals surface area contributed by atoms with Crippen molar-refractivity contribution >= 4 is 10.2 Å². The van der Waals surface area contributed by atoms with Gasteiger partial charge in [-0.05, 0) is 0 Å². The van der Waals surface area contributed by atoms with Crippen LogP contribution in [0.1, 0.15) is 0 Å². The molecule has 0 aliphatic carbocycles. The van der Waals surface area contributed by atoms with E-state index in [1.807, 2.05) is 4.72 Å². The molecule has 156 valence electrons. The van der Waals surface area contributed by atoms with Crippen molar-refractivity contribution in [2.45, 2.75) is 24.5 Å². The summed E-state index contributed by atoms with van der Waals surface area (Å²) < 4.78 is 48.2. The lowest BCUT2D eigenvalue weighted by atomic mass is 10.1. The molecule has 1 fully saturated rings. The van der Waals surface area contributed by atoms with Crippen LogP contribution >= 0.6 is 0 Å². The Morgan fingerprint density at radius 3 is 2.12 bits per heavy atom. The molecule has 1 aliphatic heterocycles. The van der Waals surface area contributed by atoms with Crippen molar-refractivity contribution in [3.8, 4) is 0 Å². The van der Waals surface area contributed by atoms with Gasteiger partial charge < -0.3 is 39.4 Å². The minimum absolute atomic E-state index is 0.0249. The lowest BCUT2D eigenvalue weighted by Gasteiger charge is -2.35. The van der Waals surface area contributed by atoms with Crippen LogP contribution in [0, 0.1) is 0 Å². The Labute approximate surface area is 152 Å². The van der Waals surface area contributed by atoms with Gasteiger partial charge in [-0.15, -0.1) is 0 Å². The third kappa shape index (κ3) is 9.48. The van der Waals surface area contributed by atoms with Crippen molar-refractivity contribution in [3.05, 3.63) is 0 Å². The topological polar surface area (TPSA) is 176 Å². The first-order valence-electron chi connectivity index (χ1n) is 8.14. The Hall–Kier alpha value is -0.450. The van der Waals surface area contributed by atoms with Crippen molar-refractivity contribution in [3.63, 3.8) is 0 Å². The van der Waals surface area contributed by atoms with E-state index in [2.05, 4.69) is 4.72 Å². The van der Waals surface area contributed by atoms with Crippen molar-refractivity contribution in [1.82, 2.24) is 9.44 Å². The molecule has 13 heteroatoms. The minimum Gasteiger partial charge on any atom is -0.394 e. The number of aliphatic hydroxyl groups excluding tert-OH is 4. The Bertz CT molecular complexity index is 466.